The maximum atomic E-state index is 13.1. The molecule has 128 valence electrons. The van der Waals surface area contributed by atoms with Gasteiger partial charge in [-0.05, 0) is 60.2 Å². The summed E-state index contributed by atoms with van der Waals surface area (Å²) in [6.45, 7) is 0. The Balaban J connectivity index is 1.58. The van der Waals surface area contributed by atoms with Crippen LogP contribution in [0.25, 0.3) is 6.08 Å². The standard InChI is InChI=1S/C21H16FN3O/c22-17-6-4-5-16(15-17)9-14-21(26)23-18-10-12-20(13-11-18)25-24-19-7-2-1-3-8-19/h1-15H,(H,23,26)/b14-9+,25-24?. The molecule has 4 nitrogen and oxygen atoms in total. The second kappa shape index (κ2) is 8.48. The van der Waals surface area contributed by atoms with Crippen LogP contribution in [0.4, 0.5) is 21.5 Å². The van der Waals surface area contributed by atoms with E-state index in [0.717, 1.165) is 5.69 Å². The predicted octanol–water partition coefficient (Wildman–Crippen LogP) is 5.89. The van der Waals surface area contributed by atoms with Crippen molar-refractivity contribution in [2.24, 2.45) is 10.2 Å². The minimum absolute atomic E-state index is 0.298. The fraction of sp³-hybridized carbons (Fsp3) is 0. The molecule has 0 heterocycles. The third-order valence-corrected chi connectivity index (χ3v) is 3.45. The molecule has 1 amide bonds. The Labute approximate surface area is 150 Å². The summed E-state index contributed by atoms with van der Waals surface area (Å²) in [6, 6.07) is 22.5. The summed E-state index contributed by atoms with van der Waals surface area (Å²) in [5.41, 5.74) is 2.71. The first-order chi connectivity index (χ1) is 12.7. The van der Waals surface area contributed by atoms with E-state index in [9.17, 15) is 9.18 Å². The predicted molar refractivity (Wildman–Crippen MR) is 101 cm³/mol. The van der Waals surface area contributed by atoms with Gasteiger partial charge in [-0.2, -0.15) is 10.2 Å². The van der Waals surface area contributed by atoms with Crippen LogP contribution >= 0.6 is 0 Å². The Morgan fingerprint density at radius 2 is 1.54 bits per heavy atom. The number of anilines is 1. The average Bonchev–Trinajstić information content (AvgIpc) is 2.67. The van der Waals surface area contributed by atoms with E-state index in [4.69, 9.17) is 0 Å². The maximum Gasteiger partial charge on any atom is 0.248 e. The van der Waals surface area contributed by atoms with E-state index in [1.54, 1.807) is 42.5 Å². The van der Waals surface area contributed by atoms with Crippen molar-refractivity contribution in [3.05, 3.63) is 96.3 Å². The first kappa shape index (κ1) is 17.2. The van der Waals surface area contributed by atoms with Crippen LogP contribution in [-0.4, -0.2) is 5.91 Å². The molecule has 0 atom stereocenters. The summed E-state index contributed by atoms with van der Waals surface area (Å²) in [5, 5.41) is 11.0. The van der Waals surface area contributed by atoms with Crippen molar-refractivity contribution < 1.29 is 9.18 Å². The Hall–Kier alpha value is -3.60. The second-order valence-electron chi connectivity index (χ2n) is 5.46. The van der Waals surface area contributed by atoms with E-state index in [1.165, 1.54) is 18.2 Å². The normalized spacial score (nSPS) is 11.1. The zero-order valence-electron chi connectivity index (χ0n) is 13.8. The van der Waals surface area contributed by atoms with Crippen molar-refractivity contribution in [2.75, 3.05) is 5.32 Å². The number of halogens is 1. The van der Waals surface area contributed by atoms with Crippen molar-refractivity contribution in [3.8, 4) is 0 Å². The molecule has 3 rings (SSSR count). The molecule has 0 radical (unpaired) electrons. The van der Waals surface area contributed by atoms with Crippen LogP contribution in [0.5, 0.6) is 0 Å². The van der Waals surface area contributed by atoms with E-state index in [0.29, 0.717) is 16.9 Å². The molecule has 0 unspecified atom stereocenters. The fourth-order valence-electron chi connectivity index (χ4n) is 2.19. The molecule has 0 aliphatic carbocycles. The summed E-state index contributed by atoms with van der Waals surface area (Å²) in [7, 11) is 0. The van der Waals surface area contributed by atoms with Crippen molar-refractivity contribution in [1.29, 1.82) is 0 Å². The Bertz CT molecular complexity index is 935. The van der Waals surface area contributed by atoms with Crippen molar-refractivity contribution >= 4 is 29.0 Å². The van der Waals surface area contributed by atoms with Gasteiger partial charge in [-0.25, -0.2) is 4.39 Å². The Morgan fingerprint density at radius 1 is 0.846 bits per heavy atom. The first-order valence-electron chi connectivity index (χ1n) is 8.00. The molecule has 0 saturated heterocycles. The smallest absolute Gasteiger partial charge is 0.248 e. The number of hydrogen-bond acceptors (Lipinski definition) is 3. The molecule has 5 heteroatoms. The zero-order chi connectivity index (χ0) is 18.2. The molecular formula is C21H16FN3O. The lowest BCUT2D eigenvalue weighted by atomic mass is 10.2. The fourth-order valence-corrected chi connectivity index (χ4v) is 2.19. The van der Waals surface area contributed by atoms with Gasteiger partial charge in [0.1, 0.15) is 5.82 Å². The van der Waals surface area contributed by atoms with E-state index in [2.05, 4.69) is 15.5 Å². The molecule has 0 fully saturated rings. The van der Waals surface area contributed by atoms with Crippen molar-refractivity contribution in [3.63, 3.8) is 0 Å². The summed E-state index contributed by atoms with van der Waals surface area (Å²) in [6.07, 6.45) is 2.92. The van der Waals surface area contributed by atoms with Crippen LogP contribution in [0.3, 0.4) is 0 Å². The second-order valence-corrected chi connectivity index (χ2v) is 5.46. The molecule has 3 aromatic rings. The number of azo groups is 1. The summed E-state index contributed by atoms with van der Waals surface area (Å²) in [5.74, 6) is -0.638. The molecule has 0 bridgehead atoms. The van der Waals surface area contributed by atoms with E-state index in [1.807, 2.05) is 30.3 Å². The summed E-state index contributed by atoms with van der Waals surface area (Å²) < 4.78 is 13.1. The number of amides is 1. The van der Waals surface area contributed by atoms with Gasteiger partial charge in [0.15, 0.2) is 0 Å². The lowest BCUT2D eigenvalue weighted by molar-refractivity contribution is -0.111. The highest BCUT2D eigenvalue weighted by molar-refractivity contribution is 6.01. The molecule has 26 heavy (non-hydrogen) atoms. The highest BCUT2D eigenvalue weighted by Crippen LogP contribution is 2.20. The molecule has 1 N–H and O–H groups in total. The highest BCUT2D eigenvalue weighted by atomic mass is 19.1. The van der Waals surface area contributed by atoms with Gasteiger partial charge < -0.3 is 5.32 Å². The van der Waals surface area contributed by atoms with Crippen molar-refractivity contribution in [1.82, 2.24) is 0 Å². The molecule has 0 saturated carbocycles. The summed E-state index contributed by atoms with van der Waals surface area (Å²) in [4.78, 5) is 11.9. The minimum Gasteiger partial charge on any atom is -0.323 e. The number of hydrogen-bond donors (Lipinski definition) is 1. The van der Waals surface area contributed by atoms with Gasteiger partial charge >= 0.3 is 0 Å². The lowest BCUT2D eigenvalue weighted by Gasteiger charge is -2.02. The third kappa shape index (κ3) is 5.21. The Kier molecular flexibility index (Phi) is 5.62. The number of benzene rings is 3. The average molecular weight is 345 g/mol. The first-order valence-corrected chi connectivity index (χ1v) is 8.00. The molecule has 0 aromatic heterocycles. The van der Waals surface area contributed by atoms with Gasteiger partial charge in [0.2, 0.25) is 5.91 Å². The Morgan fingerprint density at radius 3 is 2.23 bits per heavy atom. The quantitative estimate of drug-likeness (QED) is 0.455. The van der Waals surface area contributed by atoms with E-state index < -0.39 is 0 Å². The van der Waals surface area contributed by atoms with Crippen LogP contribution in [-0.2, 0) is 4.79 Å². The van der Waals surface area contributed by atoms with Gasteiger partial charge in [-0.3, -0.25) is 4.79 Å². The van der Waals surface area contributed by atoms with Gasteiger partial charge in [-0.15, -0.1) is 0 Å². The third-order valence-electron chi connectivity index (χ3n) is 3.45. The molecule has 0 aliphatic heterocycles. The largest absolute Gasteiger partial charge is 0.323 e. The van der Waals surface area contributed by atoms with Gasteiger partial charge in [0, 0.05) is 11.8 Å². The maximum absolute atomic E-state index is 13.1. The molecular weight excluding hydrogens is 329 g/mol. The molecule has 0 spiro atoms. The SMILES string of the molecule is O=C(/C=C/c1cccc(F)c1)Nc1ccc(N=Nc2ccccc2)cc1. The number of carbonyl (C=O) groups is 1. The zero-order valence-corrected chi connectivity index (χ0v) is 13.8. The van der Waals surface area contributed by atoms with Crippen LogP contribution in [0.1, 0.15) is 5.56 Å². The van der Waals surface area contributed by atoms with E-state index in [-0.39, 0.29) is 11.7 Å². The molecule has 3 aromatic carbocycles. The number of carbonyl (C=O) groups excluding carboxylic acids is 1. The van der Waals surface area contributed by atoms with E-state index >= 15 is 0 Å². The topological polar surface area (TPSA) is 53.8 Å². The van der Waals surface area contributed by atoms with Crippen molar-refractivity contribution in [2.45, 2.75) is 0 Å². The van der Waals surface area contributed by atoms with Crippen LogP contribution in [0, 0.1) is 5.82 Å². The van der Waals surface area contributed by atoms with Crippen LogP contribution < -0.4 is 5.32 Å². The van der Waals surface area contributed by atoms with Crippen LogP contribution in [0.15, 0.2) is 95.2 Å². The molecule has 0 aliphatic rings. The van der Waals surface area contributed by atoms with Gasteiger partial charge in [0.05, 0.1) is 11.4 Å². The van der Waals surface area contributed by atoms with Gasteiger partial charge in [0.25, 0.3) is 0 Å². The monoisotopic (exact) mass is 345 g/mol. The number of nitrogens with zero attached hydrogens (tertiary/aromatic N) is 2. The lowest BCUT2D eigenvalue weighted by Crippen LogP contribution is -2.07. The number of nitrogens with one attached hydrogen (secondary N) is 1. The highest BCUT2D eigenvalue weighted by Gasteiger charge is 1.99. The minimum atomic E-state index is -0.340. The van der Waals surface area contributed by atoms with Gasteiger partial charge in [-0.1, -0.05) is 30.3 Å². The van der Waals surface area contributed by atoms with Crippen LogP contribution in [0.2, 0.25) is 0 Å². The summed E-state index contributed by atoms with van der Waals surface area (Å²) >= 11 is 0. The number of rotatable bonds is 5.